The number of hydrogen-bond acceptors (Lipinski definition) is 5. The summed E-state index contributed by atoms with van der Waals surface area (Å²) < 4.78 is 0. The van der Waals surface area contributed by atoms with Gasteiger partial charge in [-0.15, -0.1) is 0 Å². The van der Waals surface area contributed by atoms with Crippen LogP contribution >= 0.6 is 0 Å². The van der Waals surface area contributed by atoms with Gasteiger partial charge in [0.1, 0.15) is 0 Å². The molecule has 62 heavy (non-hydrogen) atoms. The van der Waals surface area contributed by atoms with Crippen LogP contribution in [-0.4, -0.2) is 24.9 Å². The van der Waals surface area contributed by atoms with Crippen LogP contribution in [0.25, 0.3) is 112 Å². The van der Waals surface area contributed by atoms with Crippen LogP contribution in [0.1, 0.15) is 0 Å². The summed E-state index contributed by atoms with van der Waals surface area (Å²) in [6, 6.07) is 73.9. The normalized spacial score (nSPS) is 11.2. The van der Waals surface area contributed by atoms with Gasteiger partial charge in [0.25, 0.3) is 0 Å². The molecule has 0 radical (unpaired) electrons. The number of fused-ring (bicyclic) bond motifs is 2. The van der Waals surface area contributed by atoms with E-state index in [-0.39, 0.29) is 0 Å². The first-order valence-electron chi connectivity index (χ1n) is 20.7. The molecular formula is C57H37N5. The first-order chi connectivity index (χ1) is 30.7. The fourth-order valence-corrected chi connectivity index (χ4v) is 8.22. The number of nitrogens with zero attached hydrogens (tertiary/aromatic N) is 5. The van der Waals surface area contributed by atoms with Crippen LogP contribution in [0.15, 0.2) is 225 Å². The maximum Gasteiger partial charge on any atom is 0.164 e. The van der Waals surface area contributed by atoms with Crippen LogP contribution in [0, 0.1) is 0 Å². The van der Waals surface area contributed by atoms with Gasteiger partial charge in [0.15, 0.2) is 17.5 Å². The highest BCUT2D eigenvalue weighted by Gasteiger charge is 2.16. The van der Waals surface area contributed by atoms with Crippen molar-refractivity contribution in [3.63, 3.8) is 0 Å². The molecule has 11 rings (SSSR count). The number of pyridine rings is 2. The molecule has 0 N–H and O–H groups in total. The summed E-state index contributed by atoms with van der Waals surface area (Å²) in [6.45, 7) is 0. The van der Waals surface area contributed by atoms with Crippen LogP contribution in [0.2, 0.25) is 0 Å². The average Bonchev–Trinajstić information content (AvgIpc) is 3.36. The molecule has 0 amide bonds. The molecular weight excluding hydrogens is 755 g/mol. The lowest BCUT2D eigenvalue weighted by Gasteiger charge is -2.14. The predicted octanol–water partition coefficient (Wildman–Crippen LogP) is 14.3. The lowest BCUT2D eigenvalue weighted by atomic mass is 9.94. The molecule has 0 fully saturated rings. The highest BCUT2D eigenvalue weighted by atomic mass is 15.0. The zero-order valence-corrected chi connectivity index (χ0v) is 33.6. The molecule has 0 aliphatic heterocycles. The molecule has 0 aliphatic carbocycles. The van der Waals surface area contributed by atoms with Crippen molar-refractivity contribution in [3.8, 4) is 90.1 Å². The second-order valence-corrected chi connectivity index (χ2v) is 15.3. The van der Waals surface area contributed by atoms with Crippen molar-refractivity contribution in [3.05, 3.63) is 225 Å². The molecule has 8 aromatic carbocycles. The van der Waals surface area contributed by atoms with Gasteiger partial charge in [-0.1, -0.05) is 182 Å². The number of rotatable bonds is 8. The van der Waals surface area contributed by atoms with Crippen LogP contribution in [0.5, 0.6) is 0 Å². The first-order valence-corrected chi connectivity index (χ1v) is 20.7. The van der Waals surface area contributed by atoms with Gasteiger partial charge in [0.05, 0.1) is 11.4 Å². The average molecular weight is 792 g/mol. The Bertz CT molecular complexity index is 3210. The molecule has 0 saturated carbocycles. The molecule has 0 unspecified atom stereocenters. The summed E-state index contributed by atoms with van der Waals surface area (Å²) in [5, 5.41) is 4.59. The molecule has 3 aromatic heterocycles. The van der Waals surface area contributed by atoms with E-state index in [9.17, 15) is 0 Å². The SMILES string of the molecule is c1ccc(-c2ccc(-c3nc(-c4ccccc4)nc(-c4cc(-c5ccc(-c6nccc7ccccc67)cc5)cc(-c5ccc(-c6nccc7ccccc67)cc5)c4)n3)cc2)cc1. The van der Waals surface area contributed by atoms with Gasteiger partial charge >= 0.3 is 0 Å². The highest BCUT2D eigenvalue weighted by molar-refractivity contribution is 5.96. The van der Waals surface area contributed by atoms with Crippen LogP contribution < -0.4 is 0 Å². The Labute approximate surface area is 359 Å². The van der Waals surface area contributed by atoms with Crippen molar-refractivity contribution < 1.29 is 0 Å². The van der Waals surface area contributed by atoms with E-state index >= 15 is 0 Å². The number of benzene rings is 8. The van der Waals surface area contributed by atoms with Gasteiger partial charge in [-0.3, -0.25) is 9.97 Å². The van der Waals surface area contributed by atoms with E-state index in [2.05, 4.69) is 176 Å². The zero-order chi connectivity index (χ0) is 41.2. The topological polar surface area (TPSA) is 64.5 Å². The summed E-state index contributed by atoms with van der Waals surface area (Å²) in [6.07, 6.45) is 3.76. The van der Waals surface area contributed by atoms with E-state index in [0.717, 1.165) is 83.4 Å². The van der Waals surface area contributed by atoms with Crippen molar-refractivity contribution in [2.45, 2.75) is 0 Å². The summed E-state index contributed by atoms with van der Waals surface area (Å²) in [5.74, 6) is 1.82. The van der Waals surface area contributed by atoms with Crippen LogP contribution in [0.3, 0.4) is 0 Å². The van der Waals surface area contributed by atoms with Gasteiger partial charge in [-0.2, -0.15) is 0 Å². The molecule has 11 aromatic rings. The summed E-state index contributed by atoms with van der Waals surface area (Å²) in [5.41, 5.74) is 13.3. The Hall–Kier alpha value is -8.41. The summed E-state index contributed by atoms with van der Waals surface area (Å²) >= 11 is 0. The Kier molecular flexibility index (Phi) is 9.45. The number of hydrogen-bond donors (Lipinski definition) is 0. The smallest absolute Gasteiger partial charge is 0.164 e. The standard InChI is InChI=1S/C57H37N5/c1-3-11-38(12-4-1)39-23-29-47(30-24-39)56-60-55(46-15-5-2-6-16-46)61-57(62-56)50-36-48(40-19-25-44(26-20-40)53-51-17-9-7-13-42(51)31-33-58-53)35-49(37-50)41-21-27-45(28-22-41)54-52-18-10-8-14-43(52)32-34-59-54/h1-37H. The Balaban J connectivity index is 1.05. The van der Waals surface area contributed by atoms with Gasteiger partial charge in [-0.05, 0) is 74.5 Å². The summed E-state index contributed by atoms with van der Waals surface area (Å²) in [4.78, 5) is 25.0. The van der Waals surface area contributed by atoms with Gasteiger partial charge < -0.3 is 0 Å². The molecule has 0 spiro atoms. The predicted molar refractivity (Wildman–Crippen MR) is 254 cm³/mol. The van der Waals surface area contributed by atoms with Crippen molar-refractivity contribution in [2.75, 3.05) is 0 Å². The van der Waals surface area contributed by atoms with Gasteiger partial charge in [-0.25, -0.2) is 15.0 Å². The Morgan fingerprint density at radius 3 is 1.03 bits per heavy atom. The lowest BCUT2D eigenvalue weighted by Crippen LogP contribution is -2.00. The maximum atomic E-state index is 5.20. The number of aromatic nitrogens is 5. The van der Waals surface area contributed by atoms with Crippen molar-refractivity contribution >= 4 is 21.5 Å². The second-order valence-electron chi connectivity index (χ2n) is 15.3. The molecule has 0 bridgehead atoms. The molecule has 5 nitrogen and oxygen atoms in total. The fraction of sp³-hybridized carbons (Fsp3) is 0. The maximum absolute atomic E-state index is 5.20. The molecule has 0 aliphatic rings. The zero-order valence-electron chi connectivity index (χ0n) is 33.6. The molecule has 0 atom stereocenters. The molecule has 0 saturated heterocycles. The van der Waals surface area contributed by atoms with E-state index in [4.69, 9.17) is 24.9 Å². The largest absolute Gasteiger partial charge is 0.256 e. The second kappa shape index (κ2) is 16.0. The van der Waals surface area contributed by atoms with Crippen molar-refractivity contribution in [2.24, 2.45) is 0 Å². The van der Waals surface area contributed by atoms with E-state index in [1.165, 1.54) is 10.8 Å². The van der Waals surface area contributed by atoms with Crippen LogP contribution in [-0.2, 0) is 0 Å². The quantitative estimate of drug-likeness (QED) is 0.153. The third kappa shape index (κ3) is 7.18. The van der Waals surface area contributed by atoms with Gasteiger partial charge in [0, 0.05) is 51.0 Å². The summed E-state index contributed by atoms with van der Waals surface area (Å²) in [7, 11) is 0. The van der Waals surface area contributed by atoms with E-state index in [1.54, 1.807) is 0 Å². The first kappa shape index (κ1) is 36.7. The Morgan fingerprint density at radius 1 is 0.226 bits per heavy atom. The van der Waals surface area contributed by atoms with Crippen LogP contribution in [0.4, 0.5) is 0 Å². The third-order valence-corrected chi connectivity index (χ3v) is 11.4. The Morgan fingerprint density at radius 2 is 0.548 bits per heavy atom. The van der Waals surface area contributed by atoms with Crippen molar-refractivity contribution in [1.82, 2.24) is 24.9 Å². The van der Waals surface area contributed by atoms with E-state index in [1.807, 2.05) is 48.8 Å². The van der Waals surface area contributed by atoms with Gasteiger partial charge in [0.2, 0.25) is 0 Å². The molecule has 3 heterocycles. The van der Waals surface area contributed by atoms with E-state index < -0.39 is 0 Å². The lowest BCUT2D eigenvalue weighted by molar-refractivity contribution is 1.07. The monoisotopic (exact) mass is 791 g/mol. The van der Waals surface area contributed by atoms with E-state index in [0.29, 0.717) is 17.5 Å². The third-order valence-electron chi connectivity index (χ3n) is 11.4. The minimum absolute atomic E-state index is 0.595. The highest BCUT2D eigenvalue weighted by Crippen LogP contribution is 2.36. The van der Waals surface area contributed by atoms with Crippen molar-refractivity contribution in [1.29, 1.82) is 0 Å². The fourth-order valence-electron chi connectivity index (χ4n) is 8.22. The molecule has 290 valence electrons. The minimum Gasteiger partial charge on any atom is -0.256 e. The molecule has 5 heteroatoms. The minimum atomic E-state index is 0.595.